The van der Waals surface area contributed by atoms with Gasteiger partial charge in [0, 0.05) is 29.7 Å². The zero-order valence-electron chi connectivity index (χ0n) is 13.9. The number of oxazole rings is 1. The van der Waals surface area contributed by atoms with Gasteiger partial charge in [0.25, 0.3) is 0 Å². The molecule has 1 N–H and O–H groups in total. The molecule has 6 heteroatoms. The van der Waals surface area contributed by atoms with E-state index in [0.717, 1.165) is 17.0 Å². The lowest BCUT2D eigenvalue weighted by Crippen LogP contribution is -2.33. The molecule has 0 aliphatic rings. The first-order valence-corrected chi connectivity index (χ1v) is 8.72. The average Bonchev–Trinajstić information content (AvgIpc) is 3.25. The second kappa shape index (κ2) is 6.68. The van der Waals surface area contributed by atoms with Crippen LogP contribution in [0.2, 0.25) is 0 Å². The Kier molecular flexibility index (Phi) is 4.63. The highest BCUT2D eigenvalue weighted by Crippen LogP contribution is 2.24. The van der Waals surface area contributed by atoms with Crippen molar-refractivity contribution in [3.8, 4) is 11.5 Å². The van der Waals surface area contributed by atoms with Crippen LogP contribution in [0.25, 0.3) is 11.5 Å². The van der Waals surface area contributed by atoms with E-state index in [9.17, 15) is 0 Å². The van der Waals surface area contributed by atoms with E-state index in [-0.39, 0.29) is 12.1 Å². The maximum atomic E-state index is 5.78. The van der Waals surface area contributed by atoms with Crippen LogP contribution in [0.15, 0.2) is 33.6 Å². The summed E-state index contributed by atoms with van der Waals surface area (Å²) in [5, 5.41) is 12.0. The summed E-state index contributed by atoms with van der Waals surface area (Å²) in [5.74, 6) is 1.57. The Balaban J connectivity index is 1.64. The van der Waals surface area contributed by atoms with Gasteiger partial charge >= 0.3 is 0 Å². The van der Waals surface area contributed by atoms with Crippen molar-refractivity contribution in [2.75, 3.05) is 0 Å². The fourth-order valence-corrected chi connectivity index (χ4v) is 3.04. The monoisotopic (exact) mass is 330 g/mol. The van der Waals surface area contributed by atoms with Crippen LogP contribution in [0, 0.1) is 13.8 Å². The number of rotatable bonds is 6. The summed E-state index contributed by atoms with van der Waals surface area (Å²) < 4.78 is 7.78. The molecule has 122 valence electrons. The molecule has 0 aliphatic heterocycles. The van der Waals surface area contributed by atoms with E-state index in [1.165, 1.54) is 5.56 Å². The molecule has 3 heterocycles. The van der Waals surface area contributed by atoms with Crippen LogP contribution in [0.3, 0.4) is 0 Å². The van der Waals surface area contributed by atoms with Crippen LogP contribution in [0.5, 0.6) is 0 Å². The Hall–Kier alpha value is -1.92. The molecule has 0 aliphatic carbocycles. The van der Waals surface area contributed by atoms with Gasteiger partial charge in [-0.25, -0.2) is 4.98 Å². The van der Waals surface area contributed by atoms with Crippen molar-refractivity contribution >= 4 is 11.3 Å². The van der Waals surface area contributed by atoms with Crippen LogP contribution in [0.4, 0.5) is 0 Å². The number of aromatic nitrogens is 3. The van der Waals surface area contributed by atoms with Crippen LogP contribution in [-0.2, 0) is 6.54 Å². The number of nitrogens with zero attached hydrogens (tertiary/aromatic N) is 3. The van der Waals surface area contributed by atoms with Gasteiger partial charge in [-0.2, -0.15) is 16.4 Å². The first kappa shape index (κ1) is 16.0. The van der Waals surface area contributed by atoms with Crippen LogP contribution < -0.4 is 5.32 Å². The van der Waals surface area contributed by atoms with Gasteiger partial charge in [-0.1, -0.05) is 0 Å². The number of nitrogens with one attached hydrogen (secondary N) is 1. The number of aryl methyl sites for hydroxylation is 2. The molecule has 0 radical (unpaired) electrons. The standard InChI is InChI=1S/C17H22N4OS/c1-11-7-19-21(9-11)13(3)12(2)18-8-16-14(4)22-17(20-16)15-5-6-23-10-15/h5-7,9-10,12-13,18H,8H2,1-4H3/t12-,13-/m1/s1. The lowest BCUT2D eigenvalue weighted by Gasteiger charge is -2.21. The predicted octanol–water partition coefficient (Wildman–Crippen LogP) is 3.96. The third-order valence-corrected chi connectivity index (χ3v) is 4.81. The zero-order chi connectivity index (χ0) is 16.4. The van der Waals surface area contributed by atoms with Gasteiger partial charge in [-0.05, 0) is 44.7 Å². The minimum Gasteiger partial charge on any atom is -0.441 e. The molecule has 2 atom stereocenters. The normalized spacial score (nSPS) is 14.1. The predicted molar refractivity (Wildman–Crippen MR) is 92.5 cm³/mol. The first-order chi connectivity index (χ1) is 11.0. The van der Waals surface area contributed by atoms with Gasteiger partial charge in [0.15, 0.2) is 0 Å². The summed E-state index contributed by atoms with van der Waals surface area (Å²) in [6.45, 7) is 9.03. The van der Waals surface area contributed by atoms with Crippen LogP contribution in [0.1, 0.15) is 36.9 Å². The molecular formula is C17H22N4OS. The molecule has 23 heavy (non-hydrogen) atoms. The van der Waals surface area contributed by atoms with E-state index < -0.39 is 0 Å². The topological polar surface area (TPSA) is 55.9 Å². The summed E-state index contributed by atoms with van der Waals surface area (Å²) in [5.41, 5.74) is 3.18. The second-order valence-electron chi connectivity index (χ2n) is 5.94. The molecule has 0 aromatic carbocycles. The summed E-state index contributed by atoms with van der Waals surface area (Å²) >= 11 is 1.65. The minimum absolute atomic E-state index is 0.271. The Morgan fingerprint density at radius 2 is 2.17 bits per heavy atom. The number of thiophene rings is 1. The molecule has 5 nitrogen and oxygen atoms in total. The number of hydrogen-bond donors (Lipinski definition) is 1. The zero-order valence-corrected chi connectivity index (χ0v) is 14.7. The van der Waals surface area contributed by atoms with E-state index in [2.05, 4.69) is 42.4 Å². The van der Waals surface area contributed by atoms with Gasteiger partial charge in [-0.15, -0.1) is 0 Å². The van der Waals surface area contributed by atoms with Crippen molar-refractivity contribution in [3.63, 3.8) is 0 Å². The molecule has 0 spiro atoms. The minimum atomic E-state index is 0.271. The second-order valence-corrected chi connectivity index (χ2v) is 6.72. The third kappa shape index (κ3) is 3.54. The molecule has 0 saturated heterocycles. The highest BCUT2D eigenvalue weighted by Gasteiger charge is 2.17. The van der Waals surface area contributed by atoms with Gasteiger partial charge in [-0.3, -0.25) is 4.68 Å². The first-order valence-electron chi connectivity index (χ1n) is 7.77. The Labute approximate surface area is 140 Å². The van der Waals surface area contributed by atoms with Crippen molar-refractivity contribution < 1.29 is 4.42 Å². The van der Waals surface area contributed by atoms with Gasteiger partial charge in [0.1, 0.15) is 5.76 Å². The van der Waals surface area contributed by atoms with Crippen LogP contribution >= 0.6 is 11.3 Å². The quantitative estimate of drug-likeness (QED) is 0.743. The van der Waals surface area contributed by atoms with Crippen molar-refractivity contribution in [2.45, 2.75) is 46.3 Å². The molecular weight excluding hydrogens is 308 g/mol. The molecule has 0 amide bonds. The average molecular weight is 330 g/mol. The van der Waals surface area contributed by atoms with E-state index in [0.29, 0.717) is 12.4 Å². The Bertz CT molecular complexity index is 760. The summed E-state index contributed by atoms with van der Waals surface area (Å²) in [6, 6.07) is 2.57. The van der Waals surface area contributed by atoms with Crippen molar-refractivity contribution in [1.29, 1.82) is 0 Å². The molecule has 3 aromatic rings. The van der Waals surface area contributed by atoms with E-state index in [1.807, 2.05) is 34.6 Å². The van der Waals surface area contributed by atoms with Crippen LogP contribution in [-0.4, -0.2) is 20.8 Å². The molecule has 0 bridgehead atoms. The molecule has 0 unspecified atom stereocenters. The fraction of sp³-hybridized carbons (Fsp3) is 0.412. The highest BCUT2D eigenvalue weighted by atomic mass is 32.1. The lowest BCUT2D eigenvalue weighted by atomic mass is 10.1. The lowest BCUT2D eigenvalue weighted by molar-refractivity contribution is 0.363. The Morgan fingerprint density at radius 3 is 2.83 bits per heavy atom. The Morgan fingerprint density at radius 1 is 1.35 bits per heavy atom. The third-order valence-electron chi connectivity index (χ3n) is 4.12. The summed E-state index contributed by atoms with van der Waals surface area (Å²) in [4.78, 5) is 4.62. The molecule has 0 fully saturated rings. The maximum Gasteiger partial charge on any atom is 0.227 e. The van der Waals surface area contributed by atoms with Crippen molar-refractivity contribution in [1.82, 2.24) is 20.1 Å². The van der Waals surface area contributed by atoms with Gasteiger partial charge < -0.3 is 9.73 Å². The SMILES string of the molecule is Cc1cnn([C@H](C)[C@@H](C)NCc2nc(-c3ccsc3)oc2C)c1. The van der Waals surface area contributed by atoms with Gasteiger partial charge in [0.2, 0.25) is 5.89 Å². The smallest absolute Gasteiger partial charge is 0.227 e. The van der Waals surface area contributed by atoms with Crippen molar-refractivity contribution in [3.05, 3.63) is 46.2 Å². The molecule has 3 rings (SSSR count). The highest BCUT2D eigenvalue weighted by molar-refractivity contribution is 7.08. The molecule has 0 saturated carbocycles. The van der Waals surface area contributed by atoms with E-state index in [1.54, 1.807) is 11.3 Å². The van der Waals surface area contributed by atoms with Crippen molar-refractivity contribution in [2.24, 2.45) is 0 Å². The van der Waals surface area contributed by atoms with E-state index in [4.69, 9.17) is 4.42 Å². The fourth-order valence-electron chi connectivity index (χ4n) is 2.41. The number of hydrogen-bond acceptors (Lipinski definition) is 5. The van der Waals surface area contributed by atoms with Gasteiger partial charge in [0.05, 0.1) is 17.9 Å². The maximum absolute atomic E-state index is 5.78. The summed E-state index contributed by atoms with van der Waals surface area (Å²) in [7, 11) is 0. The summed E-state index contributed by atoms with van der Waals surface area (Å²) in [6.07, 6.45) is 3.96. The molecule has 3 aromatic heterocycles. The van der Waals surface area contributed by atoms with E-state index >= 15 is 0 Å². The largest absolute Gasteiger partial charge is 0.441 e.